The molecule has 0 aromatic carbocycles. The summed E-state index contributed by atoms with van der Waals surface area (Å²) in [5.74, 6) is -0.668. The molecule has 0 radical (unpaired) electrons. The summed E-state index contributed by atoms with van der Waals surface area (Å²) in [6.07, 6.45) is 4.87. The molecule has 14 heavy (non-hydrogen) atoms. The lowest BCUT2D eigenvalue weighted by molar-refractivity contribution is -0.138. The van der Waals surface area contributed by atoms with Crippen LogP contribution in [0.2, 0.25) is 0 Å². The Hall–Kier alpha value is -0.570. The van der Waals surface area contributed by atoms with Crippen LogP contribution >= 0.6 is 0 Å². The molecule has 0 aliphatic carbocycles. The first-order chi connectivity index (χ1) is 6.69. The van der Waals surface area contributed by atoms with Gasteiger partial charge in [0.1, 0.15) is 0 Å². The van der Waals surface area contributed by atoms with Gasteiger partial charge in [-0.1, -0.05) is 13.8 Å². The molecule has 2 atom stereocenters. The molecule has 1 aliphatic heterocycles. The molecule has 3 nitrogen and oxygen atoms in total. The number of carbonyl (C=O) groups is 1. The van der Waals surface area contributed by atoms with E-state index < -0.39 is 5.97 Å². The standard InChI is InChI=1S/C11H21NO2/c1-3-9-6-5-7-12(9)10(4-2)8-11(13)14/h9-10H,3-8H2,1-2H3,(H,13,14). The minimum Gasteiger partial charge on any atom is -0.481 e. The van der Waals surface area contributed by atoms with Crippen molar-refractivity contribution in [3.8, 4) is 0 Å². The van der Waals surface area contributed by atoms with E-state index in [2.05, 4.69) is 18.7 Å². The van der Waals surface area contributed by atoms with Crippen molar-refractivity contribution in [2.75, 3.05) is 6.54 Å². The number of nitrogens with zero attached hydrogens (tertiary/aromatic N) is 1. The molecule has 1 rings (SSSR count). The van der Waals surface area contributed by atoms with Gasteiger partial charge < -0.3 is 5.11 Å². The molecule has 1 N–H and O–H groups in total. The minimum atomic E-state index is -0.668. The Kier molecular flexibility index (Phi) is 4.39. The van der Waals surface area contributed by atoms with Gasteiger partial charge >= 0.3 is 5.97 Å². The van der Waals surface area contributed by atoms with Gasteiger partial charge in [0.25, 0.3) is 0 Å². The van der Waals surface area contributed by atoms with Gasteiger partial charge in [-0.25, -0.2) is 0 Å². The summed E-state index contributed by atoms with van der Waals surface area (Å²) in [6, 6.07) is 0.874. The number of hydrogen-bond donors (Lipinski definition) is 1. The van der Waals surface area contributed by atoms with E-state index >= 15 is 0 Å². The van der Waals surface area contributed by atoms with E-state index in [9.17, 15) is 4.79 Å². The van der Waals surface area contributed by atoms with Gasteiger partial charge in [-0.05, 0) is 32.2 Å². The van der Waals surface area contributed by atoms with Gasteiger partial charge in [0.2, 0.25) is 0 Å². The molecular formula is C11H21NO2. The second-order valence-corrected chi connectivity index (χ2v) is 4.10. The van der Waals surface area contributed by atoms with Crippen molar-refractivity contribution < 1.29 is 9.90 Å². The van der Waals surface area contributed by atoms with Crippen molar-refractivity contribution >= 4 is 5.97 Å². The van der Waals surface area contributed by atoms with E-state index in [1.54, 1.807) is 0 Å². The highest BCUT2D eigenvalue weighted by Gasteiger charge is 2.29. The van der Waals surface area contributed by atoms with Crippen molar-refractivity contribution in [2.45, 2.75) is 58.0 Å². The molecule has 0 aromatic heterocycles. The molecule has 2 unspecified atom stereocenters. The van der Waals surface area contributed by atoms with Crippen LogP contribution in [-0.2, 0) is 4.79 Å². The molecule has 0 spiro atoms. The Morgan fingerprint density at radius 2 is 2.29 bits per heavy atom. The lowest BCUT2D eigenvalue weighted by Gasteiger charge is -2.31. The topological polar surface area (TPSA) is 40.5 Å². The van der Waals surface area contributed by atoms with Crippen LogP contribution in [0.4, 0.5) is 0 Å². The summed E-state index contributed by atoms with van der Waals surface area (Å²) in [5.41, 5.74) is 0. The van der Waals surface area contributed by atoms with Gasteiger partial charge in [0, 0.05) is 12.1 Å². The Labute approximate surface area is 86.1 Å². The van der Waals surface area contributed by atoms with E-state index in [-0.39, 0.29) is 6.04 Å². The van der Waals surface area contributed by atoms with Crippen LogP contribution in [0.1, 0.15) is 46.0 Å². The third-order valence-electron chi connectivity index (χ3n) is 3.24. The number of carboxylic acid groups (broad SMARTS) is 1. The molecule has 0 amide bonds. The third kappa shape index (κ3) is 2.71. The predicted octanol–water partition coefficient (Wildman–Crippen LogP) is 2.11. The summed E-state index contributed by atoms with van der Waals surface area (Å²) < 4.78 is 0. The average Bonchev–Trinajstić information content (AvgIpc) is 2.61. The highest BCUT2D eigenvalue weighted by atomic mass is 16.4. The third-order valence-corrected chi connectivity index (χ3v) is 3.24. The van der Waals surface area contributed by atoms with Crippen molar-refractivity contribution in [1.82, 2.24) is 4.90 Å². The van der Waals surface area contributed by atoms with Crippen LogP contribution < -0.4 is 0 Å². The van der Waals surface area contributed by atoms with E-state index in [1.165, 1.54) is 12.8 Å². The Morgan fingerprint density at radius 1 is 1.57 bits per heavy atom. The Morgan fingerprint density at radius 3 is 2.79 bits per heavy atom. The number of likely N-dealkylation sites (tertiary alicyclic amines) is 1. The first-order valence-corrected chi connectivity index (χ1v) is 5.66. The summed E-state index contributed by atoms with van der Waals surface area (Å²) in [6.45, 7) is 5.36. The van der Waals surface area contributed by atoms with Gasteiger partial charge in [-0.2, -0.15) is 0 Å². The first-order valence-electron chi connectivity index (χ1n) is 5.66. The maximum atomic E-state index is 10.7. The maximum Gasteiger partial charge on any atom is 0.304 e. The summed E-state index contributed by atoms with van der Waals surface area (Å²) >= 11 is 0. The highest BCUT2D eigenvalue weighted by molar-refractivity contribution is 5.67. The van der Waals surface area contributed by atoms with Crippen LogP contribution in [0.3, 0.4) is 0 Å². The fourth-order valence-corrected chi connectivity index (χ4v) is 2.47. The molecule has 0 saturated carbocycles. The first kappa shape index (κ1) is 11.5. The van der Waals surface area contributed by atoms with E-state index in [1.807, 2.05) is 0 Å². The molecule has 0 aromatic rings. The monoisotopic (exact) mass is 199 g/mol. The number of hydrogen-bond acceptors (Lipinski definition) is 2. The lowest BCUT2D eigenvalue weighted by Crippen LogP contribution is -2.39. The van der Waals surface area contributed by atoms with Crippen molar-refractivity contribution in [3.05, 3.63) is 0 Å². The predicted molar refractivity (Wildman–Crippen MR) is 56.4 cm³/mol. The van der Waals surface area contributed by atoms with Crippen LogP contribution in [0.5, 0.6) is 0 Å². The van der Waals surface area contributed by atoms with Gasteiger partial charge in [0.05, 0.1) is 6.42 Å². The zero-order valence-electron chi connectivity index (χ0n) is 9.20. The number of aliphatic carboxylic acids is 1. The van der Waals surface area contributed by atoms with Crippen LogP contribution in [0.25, 0.3) is 0 Å². The summed E-state index contributed by atoms with van der Waals surface area (Å²) in [5, 5.41) is 8.81. The molecule has 82 valence electrons. The summed E-state index contributed by atoms with van der Waals surface area (Å²) in [7, 11) is 0. The molecular weight excluding hydrogens is 178 g/mol. The summed E-state index contributed by atoms with van der Waals surface area (Å²) in [4.78, 5) is 13.1. The molecule has 0 bridgehead atoms. The largest absolute Gasteiger partial charge is 0.481 e. The Bertz CT molecular complexity index is 194. The van der Waals surface area contributed by atoms with Crippen LogP contribution in [-0.4, -0.2) is 34.6 Å². The van der Waals surface area contributed by atoms with Crippen LogP contribution in [0.15, 0.2) is 0 Å². The normalized spacial score (nSPS) is 25.1. The SMILES string of the molecule is CCC1CCCN1C(CC)CC(=O)O. The fraction of sp³-hybridized carbons (Fsp3) is 0.909. The number of rotatable bonds is 5. The minimum absolute atomic E-state index is 0.250. The molecule has 1 aliphatic rings. The van der Waals surface area contributed by atoms with Crippen molar-refractivity contribution in [2.24, 2.45) is 0 Å². The van der Waals surface area contributed by atoms with E-state index in [0.29, 0.717) is 12.5 Å². The molecule has 1 saturated heterocycles. The zero-order chi connectivity index (χ0) is 10.6. The van der Waals surface area contributed by atoms with Gasteiger partial charge in [0.15, 0.2) is 0 Å². The van der Waals surface area contributed by atoms with Crippen molar-refractivity contribution in [1.29, 1.82) is 0 Å². The molecule has 3 heteroatoms. The second kappa shape index (κ2) is 5.35. The second-order valence-electron chi connectivity index (χ2n) is 4.10. The smallest absolute Gasteiger partial charge is 0.304 e. The molecule has 1 heterocycles. The van der Waals surface area contributed by atoms with Crippen LogP contribution in [0, 0.1) is 0 Å². The van der Waals surface area contributed by atoms with E-state index in [0.717, 1.165) is 19.4 Å². The lowest BCUT2D eigenvalue weighted by atomic mass is 10.1. The average molecular weight is 199 g/mol. The quantitative estimate of drug-likeness (QED) is 0.737. The van der Waals surface area contributed by atoms with E-state index in [4.69, 9.17) is 5.11 Å². The van der Waals surface area contributed by atoms with Crippen molar-refractivity contribution in [3.63, 3.8) is 0 Å². The number of carboxylic acids is 1. The Balaban J connectivity index is 2.54. The maximum absolute atomic E-state index is 10.7. The zero-order valence-corrected chi connectivity index (χ0v) is 9.20. The highest BCUT2D eigenvalue weighted by Crippen LogP contribution is 2.25. The van der Waals surface area contributed by atoms with Gasteiger partial charge in [-0.15, -0.1) is 0 Å². The molecule has 1 fully saturated rings. The fourth-order valence-electron chi connectivity index (χ4n) is 2.47. The van der Waals surface area contributed by atoms with Gasteiger partial charge in [-0.3, -0.25) is 9.69 Å².